The summed E-state index contributed by atoms with van der Waals surface area (Å²) in [6.07, 6.45) is -2.90. The van der Waals surface area contributed by atoms with Crippen LogP contribution in [0.1, 0.15) is 25.6 Å². The van der Waals surface area contributed by atoms with Crippen molar-refractivity contribution >= 4 is 16.9 Å². The summed E-state index contributed by atoms with van der Waals surface area (Å²) >= 11 is 0. The smallest absolute Gasteiger partial charge is 0.355 e. The molecule has 1 amide bonds. The van der Waals surface area contributed by atoms with E-state index in [4.69, 9.17) is 0 Å². The van der Waals surface area contributed by atoms with Crippen molar-refractivity contribution in [2.24, 2.45) is 0 Å². The zero-order valence-corrected chi connectivity index (χ0v) is 11.6. The zero-order chi connectivity index (χ0) is 15.5. The molecule has 0 bridgehead atoms. The van der Waals surface area contributed by atoms with E-state index in [1.54, 1.807) is 12.1 Å². The van der Waals surface area contributed by atoms with Gasteiger partial charge in [-0.1, -0.05) is 25.5 Å². The van der Waals surface area contributed by atoms with Crippen LogP contribution in [0.3, 0.4) is 0 Å². The van der Waals surface area contributed by atoms with E-state index in [-0.39, 0.29) is 12.1 Å². The van der Waals surface area contributed by atoms with Crippen LogP contribution < -0.4 is 5.32 Å². The van der Waals surface area contributed by atoms with Gasteiger partial charge in [-0.05, 0) is 18.6 Å². The van der Waals surface area contributed by atoms with Gasteiger partial charge in [-0.3, -0.25) is 4.79 Å². The number of alkyl halides is 3. The summed E-state index contributed by atoms with van der Waals surface area (Å²) in [6.45, 7) is 2.04. The average molecular weight is 299 g/mol. The molecule has 4 nitrogen and oxygen atoms in total. The van der Waals surface area contributed by atoms with E-state index in [1.165, 1.54) is 12.1 Å². The van der Waals surface area contributed by atoms with E-state index in [1.807, 2.05) is 6.92 Å². The number of halogens is 3. The highest BCUT2D eigenvalue weighted by Crippen LogP contribution is 2.31. The molecule has 1 N–H and O–H groups in total. The van der Waals surface area contributed by atoms with Crippen molar-refractivity contribution < 1.29 is 18.0 Å². The third kappa shape index (κ3) is 3.53. The van der Waals surface area contributed by atoms with Gasteiger partial charge in [0.2, 0.25) is 11.7 Å². The van der Waals surface area contributed by atoms with Gasteiger partial charge in [0.15, 0.2) is 0 Å². The van der Waals surface area contributed by atoms with Crippen molar-refractivity contribution in [3.8, 4) is 0 Å². The Balaban J connectivity index is 2.30. The van der Waals surface area contributed by atoms with Gasteiger partial charge in [-0.25, -0.2) is 4.98 Å². The van der Waals surface area contributed by atoms with Crippen molar-refractivity contribution in [1.82, 2.24) is 14.9 Å². The maximum absolute atomic E-state index is 13.0. The molecular formula is C14H16F3N3O. The molecule has 1 heterocycles. The van der Waals surface area contributed by atoms with Crippen molar-refractivity contribution in [3.63, 3.8) is 0 Å². The van der Waals surface area contributed by atoms with Crippen LogP contribution >= 0.6 is 0 Å². The second-order valence-electron chi connectivity index (χ2n) is 4.71. The molecule has 0 spiro atoms. The minimum absolute atomic E-state index is 0.228. The minimum atomic E-state index is -4.59. The summed E-state index contributed by atoms with van der Waals surface area (Å²) in [5.41, 5.74) is 0.529. The van der Waals surface area contributed by atoms with Gasteiger partial charge in [0, 0.05) is 6.54 Å². The Bertz CT molecular complexity index is 634. The number of para-hydroxylation sites is 2. The summed E-state index contributed by atoms with van der Waals surface area (Å²) in [5.74, 6) is -1.49. The second-order valence-corrected chi connectivity index (χ2v) is 4.71. The average Bonchev–Trinajstić information content (AvgIpc) is 2.78. The molecule has 114 valence electrons. The van der Waals surface area contributed by atoms with Crippen molar-refractivity contribution in [2.45, 2.75) is 32.5 Å². The van der Waals surface area contributed by atoms with Crippen molar-refractivity contribution in [1.29, 1.82) is 0 Å². The number of carbonyl (C=O) groups excluding carboxylic acids is 1. The number of hydrogen-bond acceptors (Lipinski definition) is 2. The molecule has 0 aliphatic carbocycles. The van der Waals surface area contributed by atoms with E-state index in [0.29, 0.717) is 12.1 Å². The lowest BCUT2D eigenvalue weighted by Gasteiger charge is -2.11. The predicted molar refractivity (Wildman–Crippen MR) is 72.7 cm³/mol. The first-order valence-electron chi connectivity index (χ1n) is 6.72. The number of aromatic nitrogens is 2. The highest BCUT2D eigenvalue weighted by atomic mass is 19.4. The molecular weight excluding hydrogens is 283 g/mol. The number of imidazole rings is 1. The van der Waals surface area contributed by atoms with Crippen LogP contribution in [0.4, 0.5) is 13.2 Å². The Morgan fingerprint density at radius 1 is 1.33 bits per heavy atom. The number of nitrogens with one attached hydrogen (secondary N) is 1. The molecule has 7 heteroatoms. The van der Waals surface area contributed by atoms with Gasteiger partial charge in [-0.2, -0.15) is 13.2 Å². The lowest BCUT2D eigenvalue weighted by molar-refractivity contribution is -0.147. The van der Waals surface area contributed by atoms with Crippen LogP contribution in [-0.2, 0) is 17.5 Å². The monoisotopic (exact) mass is 299 g/mol. The summed E-state index contributed by atoms with van der Waals surface area (Å²) in [7, 11) is 0. The molecule has 2 rings (SSSR count). The maximum atomic E-state index is 13.0. The molecule has 21 heavy (non-hydrogen) atoms. The fourth-order valence-electron chi connectivity index (χ4n) is 2.06. The van der Waals surface area contributed by atoms with E-state index < -0.39 is 17.9 Å². The summed E-state index contributed by atoms with van der Waals surface area (Å²) in [4.78, 5) is 15.4. The number of amides is 1. The van der Waals surface area contributed by atoms with Crippen molar-refractivity contribution in [2.75, 3.05) is 6.54 Å². The van der Waals surface area contributed by atoms with Crippen molar-refractivity contribution in [3.05, 3.63) is 30.1 Å². The van der Waals surface area contributed by atoms with Gasteiger partial charge in [0.1, 0.15) is 6.54 Å². The van der Waals surface area contributed by atoms with E-state index in [2.05, 4.69) is 10.3 Å². The van der Waals surface area contributed by atoms with Gasteiger partial charge in [0.05, 0.1) is 11.0 Å². The Labute approximate surface area is 120 Å². The van der Waals surface area contributed by atoms with Crippen LogP contribution in [0.2, 0.25) is 0 Å². The van der Waals surface area contributed by atoms with Crippen LogP contribution in [0.15, 0.2) is 24.3 Å². The van der Waals surface area contributed by atoms with Crippen LogP contribution in [0, 0.1) is 0 Å². The number of rotatable bonds is 5. The molecule has 2 aromatic rings. The quantitative estimate of drug-likeness (QED) is 0.863. The second kappa shape index (κ2) is 6.15. The van der Waals surface area contributed by atoms with Gasteiger partial charge in [0.25, 0.3) is 0 Å². The summed E-state index contributed by atoms with van der Waals surface area (Å²) in [5, 5.41) is 2.61. The van der Waals surface area contributed by atoms with Crippen LogP contribution in [0.25, 0.3) is 11.0 Å². The third-order valence-corrected chi connectivity index (χ3v) is 3.06. The Morgan fingerprint density at radius 3 is 2.71 bits per heavy atom. The minimum Gasteiger partial charge on any atom is -0.355 e. The molecule has 0 aliphatic rings. The molecule has 0 radical (unpaired) electrons. The number of benzene rings is 1. The first-order chi connectivity index (χ1) is 9.93. The van der Waals surface area contributed by atoms with E-state index in [0.717, 1.165) is 17.4 Å². The standard InChI is InChI=1S/C14H16F3N3O/c1-2-3-8-18-12(21)9-20-11-7-5-4-6-10(11)19-13(20)14(15,16)17/h4-7H,2-3,8-9H2,1H3,(H,18,21). The number of unbranched alkanes of at least 4 members (excludes halogenated alkanes) is 1. The highest BCUT2D eigenvalue weighted by Gasteiger charge is 2.37. The first kappa shape index (κ1) is 15.3. The fraction of sp³-hybridized carbons (Fsp3) is 0.429. The third-order valence-electron chi connectivity index (χ3n) is 3.06. The molecule has 0 atom stereocenters. The molecule has 0 aliphatic heterocycles. The summed E-state index contributed by atoms with van der Waals surface area (Å²) in [6, 6.07) is 6.25. The summed E-state index contributed by atoms with van der Waals surface area (Å²) < 4.78 is 40.0. The molecule has 1 aromatic heterocycles. The van der Waals surface area contributed by atoms with E-state index >= 15 is 0 Å². The van der Waals surface area contributed by atoms with Gasteiger partial charge >= 0.3 is 6.18 Å². The number of hydrogen-bond donors (Lipinski definition) is 1. The molecule has 1 aromatic carbocycles. The topological polar surface area (TPSA) is 46.9 Å². The SMILES string of the molecule is CCCCNC(=O)Cn1c(C(F)(F)F)nc2ccccc21. The fourth-order valence-corrected chi connectivity index (χ4v) is 2.06. The zero-order valence-electron chi connectivity index (χ0n) is 11.6. The Morgan fingerprint density at radius 2 is 2.05 bits per heavy atom. The lowest BCUT2D eigenvalue weighted by Crippen LogP contribution is -2.30. The van der Waals surface area contributed by atoms with Crippen LogP contribution in [-0.4, -0.2) is 22.0 Å². The Hall–Kier alpha value is -2.05. The normalized spacial score (nSPS) is 11.8. The van der Waals surface area contributed by atoms with E-state index in [9.17, 15) is 18.0 Å². The lowest BCUT2D eigenvalue weighted by atomic mass is 10.3. The van der Waals surface area contributed by atoms with Gasteiger partial charge in [-0.15, -0.1) is 0 Å². The number of nitrogens with zero attached hydrogens (tertiary/aromatic N) is 2. The maximum Gasteiger partial charge on any atom is 0.449 e. The largest absolute Gasteiger partial charge is 0.449 e. The van der Waals surface area contributed by atoms with Gasteiger partial charge < -0.3 is 9.88 Å². The predicted octanol–water partition coefficient (Wildman–Crippen LogP) is 2.97. The first-order valence-corrected chi connectivity index (χ1v) is 6.72. The van der Waals surface area contributed by atoms with Crippen LogP contribution in [0.5, 0.6) is 0 Å². The Kier molecular flexibility index (Phi) is 4.50. The molecule has 0 unspecified atom stereocenters. The highest BCUT2D eigenvalue weighted by molar-refractivity contribution is 5.81. The number of fused-ring (bicyclic) bond motifs is 1. The molecule has 0 saturated heterocycles. The molecule has 0 saturated carbocycles. The molecule has 0 fully saturated rings. The number of carbonyl (C=O) groups is 1.